The van der Waals surface area contributed by atoms with Crippen LogP contribution in [-0.2, 0) is 11.3 Å². The van der Waals surface area contributed by atoms with Gasteiger partial charge in [-0.15, -0.1) is 5.10 Å². The first-order chi connectivity index (χ1) is 12.6. The Kier molecular flexibility index (Phi) is 3.81. The molecule has 0 radical (unpaired) electrons. The number of carbonyl (C=O) groups excluding carboxylic acids is 1. The van der Waals surface area contributed by atoms with Gasteiger partial charge < -0.3 is 5.32 Å². The first kappa shape index (κ1) is 15.8. The maximum atomic E-state index is 12.4. The predicted octanol–water partition coefficient (Wildman–Crippen LogP) is 1.02. The molecule has 0 aromatic carbocycles. The third kappa shape index (κ3) is 2.75. The van der Waals surface area contributed by atoms with Crippen LogP contribution in [0.25, 0.3) is 11.5 Å². The summed E-state index contributed by atoms with van der Waals surface area (Å²) < 4.78 is 4.29. The molecular formula is C17H15N7O2. The molecule has 0 spiro atoms. The molecule has 4 aromatic heterocycles. The van der Waals surface area contributed by atoms with Crippen LogP contribution in [0.1, 0.15) is 5.82 Å². The van der Waals surface area contributed by atoms with Gasteiger partial charge in [-0.3, -0.25) is 13.8 Å². The summed E-state index contributed by atoms with van der Waals surface area (Å²) >= 11 is 0. The van der Waals surface area contributed by atoms with Gasteiger partial charge in [0.05, 0.1) is 5.69 Å². The molecule has 26 heavy (non-hydrogen) atoms. The van der Waals surface area contributed by atoms with Crippen molar-refractivity contribution in [3.05, 3.63) is 71.4 Å². The molecule has 0 bridgehead atoms. The van der Waals surface area contributed by atoms with E-state index in [-0.39, 0.29) is 18.1 Å². The van der Waals surface area contributed by atoms with Crippen molar-refractivity contribution >= 4 is 17.2 Å². The zero-order chi connectivity index (χ0) is 18.1. The van der Waals surface area contributed by atoms with E-state index in [1.165, 1.54) is 4.40 Å². The van der Waals surface area contributed by atoms with Crippen molar-refractivity contribution in [2.24, 2.45) is 0 Å². The fourth-order valence-corrected chi connectivity index (χ4v) is 2.69. The number of carbonyl (C=O) groups is 1. The van der Waals surface area contributed by atoms with Crippen molar-refractivity contribution in [3.63, 3.8) is 0 Å². The molecule has 1 amide bonds. The van der Waals surface area contributed by atoms with E-state index in [1.54, 1.807) is 59.7 Å². The van der Waals surface area contributed by atoms with Gasteiger partial charge in [-0.25, -0.2) is 19.4 Å². The molecule has 0 unspecified atom stereocenters. The van der Waals surface area contributed by atoms with E-state index in [9.17, 15) is 9.59 Å². The average molecular weight is 349 g/mol. The average Bonchev–Trinajstić information content (AvgIpc) is 3.20. The van der Waals surface area contributed by atoms with Crippen LogP contribution in [-0.4, -0.2) is 34.6 Å². The van der Waals surface area contributed by atoms with Crippen molar-refractivity contribution in [1.29, 1.82) is 0 Å². The lowest BCUT2D eigenvalue weighted by atomic mass is 10.3. The van der Waals surface area contributed by atoms with Crippen molar-refractivity contribution in [2.45, 2.75) is 13.5 Å². The second-order valence-electron chi connectivity index (χ2n) is 5.64. The second-order valence-corrected chi connectivity index (χ2v) is 5.64. The smallest absolute Gasteiger partial charge is 0.321 e. The summed E-state index contributed by atoms with van der Waals surface area (Å²) in [7, 11) is 0. The van der Waals surface area contributed by atoms with Gasteiger partial charge in [0, 0.05) is 24.8 Å². The second kappa shape index (κ2) is 6.28. The standard InChI is InChI=1S/C17H15N7O2/c1-12-18-8-10-22(12)16-13(5-4-7-19-16)20-15(25)11-24-17(26)23-9-3-2-6-14(23)21-24/h2-10H,11H2,1H3,(H,20,25). The van der Waals surface area contributed by atoms with Crippen LogP contribution in [0.3, 0.4) is 0 Å². The number of aromatic nitrogens is 6. The largest absolute Gasteiger partial charge is 0.350 e. The maximum absolute atomic E-state index is 12.4. The molecule has 4 heterocycles. The molecule has 4 aromatic rings. The van der Waals surface area contributed by atoms with E-state index in [2.05, 4.69) is 20.4 Å². The molecule has 0 fully saturated rings. The van der Waals surface area contributed by atoms with Crippen LogP contribution in [0.15, 0.2) is 59.9 Å². The number of hydrogen-bond donors (Lipinski definition) is 1. The number of amides is 1. The zero-order valence-corrected chi connectivity index (χ0v) is 13.9. The highest BCUT2D eigenvalue weighted by Crippen LogP contribution is 2.18. The van der Waals surface area contributed by atoms with Crippen molar-refractivity contribution < 1.29 is 4.79 Å². The summed E-state index contributed by atoms with van der Waals surface area (Å²) in [4.78, 5) is 33.2. The minimum Gasteiger partial charge on any atom is -0.321 e. The molecular weight excluding hydrogens is 334 g/mol. The van der Waals surface area contributed by atoms with E-state index >= 15 is 0 Å². The zero-order valence-electron chi connectivity index (χ0n) is 13.9. The number of fused-ring (bicyclic) bond motifs is 1. The summed E-state index contributed by atoms with van der Waals surface area (Å²) in [5.74, 6) is 0.927. The lowest BCUT2D eigenvalue weighted by Gasteiger charge is -2.11. The van der Waals surface area contributed by atoms with Crippen molar-refractivity contribution in [2.75, 3.05) is 5.32 Å². The van der Waals surface area contributed by atoms with Crippen LogP contribution < -0.4 is 11.0 Å². The van der Waals surface area contributed by atoms with Crippen molar-refractivity contribution in [3.8, 4) is 5.82 Å². The van der Waals surface area contributed by atoms with Crippen LogP contribution in [0.4, 0.5) is 5.69 Å². The number of hydrogen-bond acceptors (Lipinski definition) is 5. The first-order valence-electron chi connectivity index (χ1n) is 7.93. The third-order valence-electron chi connectivity index (χ3n) is 3.90. The van der Waals surface area contributed by atoms with E-state index in [0.29, 0.717) is 17.2 Å². The maximum Gasteiger partial charge on any atom is 0.350 e. The minimum atomic E-state index is -0.373. The Morgan fingerprint density at radius 1 is 1.12 bits per heavy atom. The number of pyridine rings is 2. The molecule has 0 aliphatic heterocycles. The van der Waals surface area contributed by atoms with Gasteiger partial charge in [-0.05, 0) is 31.2 Å². The molecule has 130 valence electrons. The quantitative estimate of drug-likeness (QED) is 0.593. The summed E-state index contributed by atoms with van der Waals surface area (Å²) in [6.07, 6.45) is 6.67. The van der Waals surface area contributed by atoms with E-state index < -0.39 is 0 Å². The van der Waals surface area contributed by atoms with Crippen LogP contribution in [0, 0.1) is 6.92 Å². The van der Waals surface area contributed by atoms with Crippen LogP contribution >= 0.6 is 0 Å². The van der Waals surface area contributed by atoms with E-state index in [1.807, 2.05) is 6.92 Å². The van der Waals surface area contributed by atoms with Gasteiger partial charge in [-0.2, -0.15) is 0 Å². The minimum absolute atomic E-state index is 0.197. The molecule has 4 rings (SSSR count). The van der Waals surface area contributed by atoms with Crippen LogP contribution in [0.5, 0.6) is 0 Å². The number of rotatable bonds is 4. The third-order valence-corrected chi connectivity index (χ3v) is 3.90. The predicted molar refractivity (Wildman–Crippen MR) is 94.2 cm³/mol. The number of nitrogens with one attached hydrogen (secondary N) is 1. The Bertz CT molecular complexity index is 1160. The Balaban J connectivity index is 1.60. The molecule has 9 heteroatoms. The normalized spacial score (nSPS) is 11.0. The lowest BCUT2D eigenvalue weighted by molar-refractivity contribution is -0.117. The Morgan fingerprint density at radius 3 is 2.77 bits per heavy atom. The summed E-state index contributed by atoms with van der Waals surface area (Å²) in [5, 5.41) is 6.94. The van der Waals surface area contributed by atoms with E-state index in [4.69, 9.17) is 0 Å². The summed E-state index contributed by atoms with van der Waals surface area (Å²) in [6, 6.07) is 8.68. The van der Waals surface area contributed by atoms with Gasteiger partial charge >= 0.3 is 5.69 Å². The van der Waals surface area contributed by atoms with Crippen LogP contribution in [0.2, 0.25) is 0 Å². The Labute approximate surface area is 147 Å². The summed E-state index contributed by atoms with van der Waals surface area (Å²) in [5.41, 5.74) is 0.643. The summed E-state index contributed by atoms with van der Waals surface area (Å²) in [6.45, 7) is 1.65. The number of nitrogens with zero attached hydrogens (tertiary/aromatic N) is 6. The fraction of sp³-hybridized carbons (Fsp3) is 0.118. The number of anilines is 1. The highest BCUT2D eigenvalue weighted by molar-refractivity contribution is 5.92. The Morgan fingerprint density at radius 2 is 2.00 bits per heavy atom. The first-order valence-corrected chi connectivity index (χ1v) is 7.93. The molecule has 0 aliphatic carbocycles. The van der Waals surface area contributed by atoms with Gasteiger partial charge in [0.25, 0.3) is 0 Å². The lowest BCUT2D eigenvalue weighted by Crippen LogP contribution is -2.28. The fourth-order valence-electron chi connectivity index (χ4n) is 2.69. The molecule has 0 aliphatic rings. The van der Waals surface area contributed by atoms with Gasteiger partial charge in [-0.1, -0.05) is 6.07 Å². The molecule has 9 nitrogen and oxygen atoms in total. The Hall–Kier alpha value is -3.75. The van der Waals surface area contributed by atoms with E-state index in [0.717, 1.165) is 10.5 Å². The highest BCUT2D eigenvalue weighted by Gasteiger charge is 2.14. The monoisotopic (exact) mass is 349 g/mol. The number of imidazole rings is 1. The molecule has 1 N–H and O–H groups in total. The SMILES string of the molecule is Cc1nccn1-c1ncccc1NC(=O)Cn1nc2ccccn2c1=O. The molecule has 0 saturated carbocycles. The number of aryl methyl sites for hydroxylation is 1. The molecule has 0 saturated heterocycles. The van der Waals surface area contributed by atoms with Crippen molar-refractivity contribution in [1.82, 2.24) is 28.7 Å². The van der Waals surface area contributed by atoms with Gasteiger partial charge in [0.1, 0.15) is 12.4 Å². The highest BCUT2D eigenvalue weighted by atomic mass is 16.2. The molecule has 0 atom stereocenters. The van der Waals surface area contributed by atoms with Gasteiger partial charge in [0.15, 0.2) is 11.5 Å². The van der Waals surface area contributed by atoms with Gasteiger partial charge in [0.2, 0.25) is 5.91 Å². The topological polar surface area (TPSA) is 99.1 Å².